The van der Waals surface area contributed by atoms with Crippen molar-refractivity contribution in [1.29, 1.82) is 0 Å². The molecule has 0 saturated carbocycles. The fourth-order valence-corrected chi connectivity index (χ4v) is 1.31. The third kappa shape index (κ3) is 4.44. The Morgan fingerprint density at radius 2 is 1.88 bits per heavy atom. The maximum atomic E-state index is 11.9. The zero-order valence-corrected chi connectivity index (χ0v) is 9.00. The first-order valence-electron chi connectivity index (χ1n) is 5.07. The number of rotatable bonds is 4. The molecule has 0 radical (unpaired) electrons. The first kappa shape index (κ1) is 13.5. The molecule has 0 bridgehead atoms. The number of amides is 1. The summed E-state index contributed by atoms with van der Waals surface area (Å²) in [7, 11) is 0. The van der Waals surface area contributed by atoms with Crippen LogP contribution in [0.4, 0.5) is 13.2 Å². The average Bonchev–Trinajstić information content (AvgIpc) is 2.28. The van der Waals surface area contributed by atoms with Gasteiger partial charge in [0.2, 0.25) is 0 Å². The maximum Gasteiger partial charge on any atom is 0.471 e. The van der Waals surface area contributed by atoms with Crippen molar-refractivity contribution in [3.63, 3.8) is 0 Å². The van der Waals surface area contributed by atoms with Crippen molar-refractivity contribution in [2.45, 2.75) is 18.6 Å². The summed E-state index contributed by atoms with van der Waals surface area (Å²) in [6.07, 6.45) is -4.58. The van der Waals surface area contributed by atoms with Gasteiger partial charge in [0, 0.05) is 12.6 Å². The Kier molecular flexibility index (Phi) is 4.51. The zero-order chi connectivity index (χ0) is 12.9. The number of hydrogen-bond donors (Lipinski definition) is 2. The van der Waals surface area contributed by atoms with E-state index in [0.717, 1.165) is 5.56 Å². The molecule has 0 heterocycles. The molecule has 1 atom stereocenters. The summed E-state index contributed by atoms with van der Waals surface area (Å²) in [6, 6.07) is 8.60. The van der Waals surface area contributed by atoms with Gasteiger partial charge in [-0.1, -0.05) is 30.3 Å². The van der Waals surface area contributed by atoms with Crippen LogP contribution in [0.2, 0.25) is 0 Å². The van der Waals surface area contributed by atoms with Crippen LogP contribution < -0.4 is 11.1 Å². The molecule has 0 fully saturated rings. The lowest BCUT2D eigenvalue weighted by Gasteiger charge is -2.13. The monoisotopic (exact) mass is 246 g/mol. The minimum atomic E-state index is -4.84. The molecule has 3 N–H and O–H groups in total. The number of hydrogen-bond acceptors (Lipinski definition) is 2. The van der Waals surface area contributed by atoms with E-state index in [2.05, 4.69) is 0 Å². The van der Waals surface area contributed by atoms with Crippen LogP contribution in [-0.2, 0) is 4.79 Å². The lowest BCUT2D eigenvalue weighted by Crippen LogP contribution is -2.38. The molecule has 0 aliphatic carbocycles. The van der Waals surface area contributed by atoms with Crippen LogP contribution in [-0.4, -0.2) is 18.6 Å². The molecule has 0 aliphatic heterocycles. The quantitative estimate of drug-likeness (QED) is 0.850. The fraction of sp³-hybridized carbons (Fsp3) is 0.364. The molecule has 0 spiro atoms. The second-order valence-electron chi connectivity index (χ2n) is 3.56. The SMILES string of the molecule is NC(CCNC(=O)C(F)(F)F)c1ccccc1. The Bertz CT molecular complexity index is 365. The highest BCUT2D eigenvalue weighted by molar-refractivity contribution is 5.81. The average molecular weight is 246 g/mol. The molecule has 0 aliphatic rings. The number of halogens is 3. The highest BCUT2D eigenvalue weighted by atomic mass is 19.4. The summed E-state index contributed by atoms with van der Waals surface area (Å²) in [6.45, 7) is -0.103. The second kappa shape index (κ2) is 5.67. The lowest BCUT2D eigenvalue weighted by molar-refractivity contribution is -0.173. The highest BCUT2D eigenvalue weighted by Gasteiger charge is 2.38. The van der Waals surface area contributed by atoms with Crippen LogP contribution in [0, 0.1) is 0 Å². The molecule has 1 amide bonds. The molecule has 3 nitrogen and oxygen atoms in total. The summed E-state index contributed by atoms with van der Waals surface area (Å²) >= 11 is 0. The predicted octanol–water partition coefficient (Wildman–Crippen LogP) is 1.76. The van der Waals surface area contributed by atoms with E-state index in [4.69, 9.17) is 5.73 Å². The summed E-state index contributed by atoms with van der Waals surface area (Å²) in [4.78, 5) is 10.5. The zero-order valence-electron chi connectivity index (χ0n) is 9.00. The van der Waals surface area contributed by atoms with E-state index in [1.165, 1.54) is 0 Å². The van der Waals surface area contributed by atoms with Gasteiger partial charge in [0.05, 0.1) is 0 Å². The minimum absolute atomic E-state index is 0.103. The van der Waals surface area contributed by atoms with Crippen LogP contribution in [0.25, 0.3) is 0 Å². The normalized spacial score (nSPS) is 13.2. The Morgan fingerprint density at radius 1 is 1.29 bits per heavy atom. The molecular weight excluding hydrogens is 233 g/mol. The third-order valence-electron chi connectivity index (χ3n) is 2.23. The first-order valence-corrected chi connectivity index (χ1v) is 5.07. The van der Waals surface area contributed by atoms with Crippen LogP contribution in [0.5, 0.6) is 0 Å². The lowest BCUT2D eigenvalue weighted by atomic mass is 10.1. The highest BCUT2D eigenvalue weighted by Crippen LogP contribution is 2.15. The summed E-state index contributed by atoms with van der Waals surface area (Å²) in [5, 5.41) is 1.78. The molecule has 0 aromatic heterocycles. The van der Waals surface area contributed by atoms with E-state index in [1.54, 1.807) is 29.6 Å². The van der Waals surface area contributed by atoms with E-state index in [0.29, 0.717) is 0 Å². The van der Waals surface area contributed by atoms with Gasteiger partial charge >= 0.3 is 12.1 Å². The van der Waals surface area contributed by atoms with Crippen LogP contribution in [0.15, 0.2) is 30.3 Å². The Labute approximate surface area is 96.8 Å². The standard InChI is InChI=1S/C11H13F3N2O/c12-11(13,14)10(17)16-7-6-9(15)8-4-2-1-3-5-8/h1-5,9H,6-7,15H2,(H,16,17). The van der Waals surface area contributed by atoms with Crippen molar-refractivity contribution in [2.75, 3.05) is 6.54 Å². The first-order chi connectivity index (χ1) is 7.91. The van der Waals surface area contributed by atoms with Gasteiger partial charge in [-0.3, -0.25) is 4.79 Å². The van der Waals surface area contributed by atoms with E-state index in [1.807, 2.05) is 6.07 Å². The number of alkyl halides is 3. The van der Waals surface area contributed by atoms with Crippen molar-refractivity contribution in [3.8, 4) is 0 Å². The van der Waals surface area contributed by atoms with Gasteiger partial charge in [-0.15, -0.1) is 0 Å². The van der Waals surface area contributed by atoms with Crippen molar-refractivity contribution in [3.05, 3.63) is 35.9 Å². The van der Waals surface area contributed by atoms with Gasteiger partial charge in [-0.25, -0.2) is 0 Å². The molecule has 1 aromatic rings. The smallest absolute Gasteiger partial charge is 0.348 e. The number of nitrogens with two attached hydrogens (primary N) is 1. The van der Waals surface area contributed by atoms with Gasteiger partial charge in [0.25, 0.3) is 0 Å². The van der Waals surface area contributed by atoms with Crippen LogP contribution in [0.3, 0.4) is 0 Å². The van der Waals surface area contributed by atoms with Gasteiger partial charge in [-0.2, -0.15) is 13.2 Å². The molecule has 94 valence electrons. The molecule has 1 unspecified atom stereocenters. The second-order valence-corrected chi connectivity index (χ2v) is 3.56. The van der Waals surface area contributed by atoms with Crippen molar-refractivity contribution >= 4 is 5.91 Å². The van der Waals surface area contributed by atoms with Crippen molar-refractivity contribution < 1.29 is 18.0 Å². The Morgan fingerprint density at radius 3 is 2.41 bits per heavy atom. The topological polar surface area (TPSA) is 55.1 Å². The minimum Gasteiger partial charge on any atom is -0.348 e. The molecule has 1 aromatic carbocycles. The summed E-state index contributed by atoms with van der Waals surface area (Å²) in [5.41, 5.74) is 6.59. The molecular formula is C11H13F3N2O. The number of nitrogens with one attached hydrogen (secondary N) is 1. The third-order valence-corrected chi connectivity index (χ3v) is 2.23. The van der Waals surface area contributed by atoms with Gasteiger partial charge in [0.1, 0.15) is 0 Å². The predicted molar refractivity (Wildman–Crippen MR) is 57.1 cm³/mol. The summed E-state index contributed by atoms with van der Waals surface area (Å²) in [5.74, 6) is -1.93. The summed E-state index contributed by atoms with van der Waals surface area (Å²) < 4.78 is 35.6. The van der Waals surface area contributed by atoms with E-state index < -0.39 is 12.1 Å². The molecule has 17 heavy (non-hydrogen) atoms. The Hall–Kier alpha value is -1.56. The van der Waals surface area contributed by atoms with E-state index in [-0.39, 0.29) is 19.0 Å². The van der Waals surface area contributed by atoms with Crippen LogP contribution >= 0.6 is 0 Å². The van der Waals surface area contributed by atoms with Gasteiger partial charge < -0.3 is 11.1 Å². The van der Waals surface area contributed by atoms with Crippen LogP contribution in [0.1, 0.15) is 18.0 Å². The maximum absolute atomic E-state index is 11.9. The number of benzene rings is 1. The van der Waals surface area contributed by atoms with Gasteiger partial charge in [-0.05, 0) is 12.0 Å². The van der Waals surface area contributed by atoms with Crippen molar-refractivity contribution in [1.82, 2.24) is 5.32 Å². The number of carbonyl (C=O) groups excluding carboxylic acids is 1. The van der Waals surface area contributed by atoms with Gasteiger partial charge in [0.15, 0.2) is 0 Å². The molecule has 0 saturated heterocycles. The number of carbonyl (C=O) groups is 1. The Balaban J connectivity index is 2.35. The molecule has 1 rings (SSSR count). The van der Waals surface area contributed by atoms with E-state index in [9.17, 15) is 18.0 Å². The fourth-order valence-electron chi connectivity index (χ4n) is 1.31. The molecule has 6 heteroatoms. The van der Waals surface area contributed by atoms with Crippen molar-refractivity contribution in [2.24, 2.45) is 5.73 Å². The van der Waals surface area contributed by atoms with E-state index >= 15 is 0 Å². The largest absolute Gasteiger partial charge is 0.471 e.